The molecule has 0 aliphatic rings. The van der Waals surface area contributed by atoms with Gasteiger partial charge in [-0.1, -0.05) is 36.4 Å². The molecule has 0 unspecified atom stereocenters. The number of nitrogens with one attached hydrogen (secondary N) is 1. The fourth-order valence-electron chi connectivity index (χ4n) is 2.28. The molecule has 0 aliphatic heterocycles. The molecule has 3 nitrogen and oxygen atoms in total. The molecule has 0 saturated carbocycles. The van der Waals surface area contributed by atoms with E-state index in [1.807, 2.05) is 49.5 Å². The quantitative estimate of drug-likeness (QED) is 0.741. The van der Waals surface area contributed by atoms with E-state index in [0.717, 1.165) is 10.6 Å². The van der Waals surface area contributed by atoms with Crippen LogP contribution in [0.2, 0.25) is 0 Å². The normalized spacial score (nSPS) is 10.7. The highest BCUT2D eigenvalue weighted by atomic mass is 32.2. The lowest BCUT2D eigenvalue weighted by Gasteiger charge is -2.04. The fourth-order valence-corrected chi connectivity index (χ4v) is 3.20. The molecule has 21 heavy (non-hydrogen) atoms. The Labute approximate surface area is 128 Å². The molecule has 1 aromatic heterocycles. The lowest BCUT2D eigenvalue weighted by molar-refractivity contribution is -0.113. The average molecular weight is 296 g/mol. The summed E-state index contributed by atoms with van der Waals surface area (Å²) in [5.41, 5.74) is 2.02. The molecule has 3 rings (SSSR count). The van der Waals surface area contributed by atoms with Crippen LogP contribution < -0.4 is 5.32 Å². The van der Waals surface area contributed by atoms with E-state index in [2.05, 4.69) is 28.2 Å². The average Bonchev–Trinajstić information content (AvgIpc) is 2.83. The van der Waals surface area contributed by atoms with Crippen LogP contribution in [0.15, 0.2) is 65.7 Å². The van der Waals surface area contributed by atoms with Crippen LogP contribution in [0.1, 0.15) is 0 Å². The highest BCUT2D eigenvalue weighted by Crippen LogP contribution is 2.29. The number of aryl methyl sites for hydroxylation is 1. The summed E-state index contributed by atoms with van der Waals surface area (Å²) in [5, 5.41) is 4.09. The van der Waals surface area contributed by atoms with Crippen molar-refractivity contribution in [1.29, 1.82) is 0 Å². The van der Waals surface area contributed by atoms with Gasteiger partial charge in [0.1, 0.15) is 0 Å². The van der Waals surface area contributed by atoms with Crippen LogP contribution in [-0.4, -0.2) is 16.2 Å². The van der Waals surface area contributed by atoms with E-state index in [-0.39, 0.29) is 5.91 Å². The summed E-state index contributed by atoms with van der Waals surface area (Å²) < 4.78 is 2.09. The number of hydrogen-bond donors (Lipinski definition) is 1. The Morgan fingerprint density at radius 3 is 2.62 bits per heavy atom. The number of rotatable bonds is 4. The van der Waals surface area contributed by atoms with Crippen LogP contribution >= 0.6 is 11.8 Å². The Morgan fingerprint density at radius 2 is 1.81 bits per heavy atom. The van der Waals surface area contributed by atoms with Crippen molar-refractivity contribution in [3.8, 4) is 0 Å². The molecule has 1 heterocycles. The van der Waals surface area contributed by atoms with Gasteiger partial charge in [-0.15, -0.1) is 11.8 Å². The zero-order valence-electron chi connectivity index (χ0n) is 11.7. The van der Waals surface area contributed by atoms with Crippen LogP contribution in [0.3, 0.4) is 0 Å². The standard InChI is InChI=1S/C17H16N2OS/c1-19-11-16(14-9-5-6-10-15(14)19)21-12-17(20)18-13-7-3-2-4-8-13/h2-11H,12H2,1H3,(H,18,20). The number of aromatic nitrogens is 1. The second-order valence-electron chi connectivity index (χ2n) is 4.82. The maximum absolute atomic E-state index is 12.0. The molecule has 0 bridgehead atoms. The van der Waals surface area contributed by atoms with Crippen molar-refractivity contribution < 1.29 is 4.79 Å². The lowest BCUT2D eigenvalue weighted by atomic mass is 10.2. The van der Waals surface area contributed by atoms with Gasteiger partial charge >= 0.3 is 0 Å². The Kier molecular flexibility index (Phi) is 3.97. The van der Waals surface area contributed by atoms with E-state index in [1.54, 1.807) is 11.8 Å². The summed E-state index contributed by atoms with van der Waals surface area (Å²) in [7, 11) is 2.02. The number of fused-ring (bicyclic) bond motifs is 1. The molecule has 0 atom stereocenters. The number of carbonyl (C=O) groups is 1. The molecule has 0 radical (unpaired) electrons. The summed E-state index contributed by atoms with van der Waals surface area (Å²) in [6.45, 7) is 0. The van der Waals surface area contributed by atoms with Gasteiger partial charge in [-0.25, -0.2) is 0 Å². The molecule has 0 spiro atoms. The lowest BCUT2D eigenvalue weighted by Crippen LogP contribution is -2.13. The molecule has 4 heteroatoms. The molecule has 0 aliphatic carbocycles. The fraction of sp³-hybridized carbons (Fsp3) is 0.118. The van der Waals surface area contributed by atoms with Crippen molar-refractivity contribution in [2.75, 3.05) is 11.1 Å². The molecule has 0 fully saturated rings. The molecule has 3 aromatic rings. The topological polar surface area (TPSA) is 34.0 Å². The van der Waals surface area contributed by atoms with Gasteiger partial charge in [0, 0.05) is 34.7 Å². The van der Waals surface area contributed by atoms with E-state index >= 15 is 0 Å². The zero-order chi connectivity index (χ0) is 14.7. The van der Waals surface area contributed by atoms with E-state index in [4.69, 9.17) is 0 Å². The third-order valence-corrected chi connectivity index (χ3v) is 4.32. The van der Waals surface area contributed by atoms with Gasteiger partial charge in [-0.2, -0.15) is 0 Å². The number of amides is 1. The monoisotopic (exact) mass is 296 g/mol. The Bertz CT molecular complexity index is 765. The van der Waals surface area contributed by atoms with Crippen molar-refractivity contribution in [2.24, 2.45) is 7.05 Å². The highest BCUT2D eigenvalue weighted by Gasteiger charge is 2.09. The van der Waals surface area contributed by atoms with Gasteiger partial charge in [0.2, 0.25) is 5.91 Å². The number of thioether (sulfide) groups is 1. The van der Waals surface area contributed by atoms with Crippen molar-refractivity contribution in [3.05, 3.63) is 60.8 Å². The Balaban J connectivity index is 1.68. The first-order valence-electron chi connectivity index (χ1n) is 6.76. The third kappa shape index (κ3) is 3.11. The van der Waals surface area contributed by atoms with Crippen LogP contribution in [0.5, 0.6) is 0 Å². The second-order valence-corrected chi connectivity index (χ2v) is 5.84. The summed E-state index contributed by atoms with van der Waals surface area (Å²) in [5.74, 6) is 0.419. The predicted molar refractivity (Wildman–Crippen MR) is 88.7 cm³/mol. The van der Waals surface area contributed by atoms with Crippen molar-refractivity contribution in [3.63, 3.8) is 0 Å². The van der Waals surface area contributed by atoms with Gasteiger partial charge in [0.25, 0.3) is 0 Å². The first kappa shape index (κ1) is 13.8. The van der Waals surface area contributed by atoms with E-state index < -0.39 is 0 Å². The molecular formula is C17H16N2OS. The number of benzene rings is 2. The summed E-state index contributed by atoms with van der Waals surface area (Å²) in [4.78, 5) is 13.1. The maximum Gasteiger partial charge on any atom is 0.234 e. The number of para-hydroxylation sites is 2. The van der Waals surface area contributed by atoms with Crippen LogP contribution in [0.4, 0.5) is 5.69 Å². The molecule has 1 N–H and O–H groups in total. The largest absolute Gasteiger partial charge is 0.349 e. The highest BCUT2D eigenvalue weighted by molar-refractivity contribution is 8.00. The second kappa shape index (κ2) is 6.06. The van der Waals surface area contributed by atoms with Crippen LogP contribution in [-0.2, 0) is 11.8 Å². The van der Waals surface area contributed by atoms with E-state index in [1.165, 1.54) is 10.9 Å². The first-order valence-corrected chi connectivity index (χ1v) is 7.74. The summed E-state index contributed by atoms with van der Waals surface area (Å²) >= 11 is 1.57. The van der Waals surface area contributed by atoms with E-state index in [0.29, 0.717) is 5.75 Å². The van der Waals surface area contributed by atoms with Crippen molar-refractivity contribution in [2.45, 2.75) is 4.90 Å². The minimum Gasteiger partial charge on any atom is -0.349 e. The minimum atomic E-state index is 0.0131. The molecule has 2 aromatic carbocycles. The zero-order valence-corrected chi connectivity index (χ0v) is 12.6. The molecule has 1 amide bonds. The SMILES string of the molecule is Cn1cc(SCC(=O)Nc2ccccc2)c2ccccc21. The molecule has 106 valence electrons. The van der Waals surface area contributed by atoms with Gasteiger partial charge in [0.05, 0.1) is 5.75 Å². The number of carbonyl (C=O) groups excluding carboxylic acids is 1. The molecule has 0 saturated heterocycles. The third-order valence-electron chi connectivity index (χ3n) is 3.28. The van der Waals surface area contributed by atoms with Gasteiger partial charge < -0.3 is 9.88 Å². The van der Waals surface area contributed by atoms with E-state index in [9.17, 15) is 4.79 Å². The summed E-state index contributed by atoms with van der Waals surface area (Å²) in [6.07, 6.45) is 2.07. The number of anilines is 1. The predicted octanol–water partition coefficient (Wildman–Crippen LogP) is 3.91. The Hall–Kier alpha value is -2.20. The van der Waals surface area contributed by atoms with Crippen LogP contribution in [0, 0.1) is 0 Å². The first-order chi connectivity index (χ1) is 10.2. The number of hydrogen-bond acceptors (Lipinski definition) is 2. The smallest absolute Gasteiger partial charge is 0.234 e. The van der Waals surface area contributed by atoms with Crippen molar-refractivity contribution in [1.82, 2.24) is 4.57 Å². The number of nitrogens with zero attached hydrogens (tertiary/aromatic N) is 1. The van der Waals surface area contributed by atoms with Crippen molar-refractivity contribution >= 4 is 34.3 Å². The van der Waals surface area contributed by atoms with Crippen LogP contribution in [0.25, 0.3) is 10.9 Å². The van der Waals surface area contributed by atoms with Gasteiger partial charge in [-0.3, -0.25) is 4.79 Å². The van der Waals surface area contributed by atoms with Gasteiger partial charge in [-0.05, 0) is 18.2 Å². The Morgan fingerprint density at radius 1 is 1.10 bits per heavy atom. The molecular weight excluding hydrogens is 280 g/mol. The summed E-state index contributed by atoms with van der Waals surface area (Å²) in [6, 6.07) is 17.8. The minimum absolute atomic E-state index is 0.0131. The maximum atomic E-state index is 12.0. The van der Waals surface area contributed by atoms with Gasteiger partial charge in [0.15, 0.2) is 0 Å².